The fraction of sp³-hybridized carbons (Fsp3) is 0.273. The predicted molar refractivity (Wildman–Crippen MR) is 61.1 cm³/mol. The van der Waals surface area contributed by atoms with E-state index in [1.54, 1.807) is 0 Å². The van der Waals surface area contributed by atoms with Crippen molar-refractivity contribution in [3.63, 3.8) is 0 Å². The molecule has 88 valence electrons. The molecule has 0 radical (unpaired) electrons. The molecule has 0 saturated carbocycles. The van der Waals surface area contributed by atoms with E-state index in [4.69, 9.17) is 0 Å². The Morgan fingerprint density at radius 3 is 3.06 bits per heavy atom. The largest absolute Gasteiger partial charge is 0.355 e. The highest BCUT2D eigenvalue weighted by molar-refractivity contribution is 5.72. The Balaban J connectivity index is 2.65. The Bertz CT molecular complexity index is 488. The van der Waals surface area contributed by atoms with Crippen LogP contribution in [0.4, 0.5) is 5.69 Å². The van der Waals surface area contributed by atoms with Crippen LogP contribution in [0, 0.1) is 22.0 Å². The van der Waals surface area contributed by atoms with Crippen LogP contribution in [0.1, 0.15) is 19.0 Å². The van der Waals surface area contributed by atoms with Crippen molar-refractivity contribution in [1.29, 1.82) is 0 Å². The summed E-state index contributed by atoms with van der Waals surface area (Å²) < 4.78 is 0. The van der Waals surface area contributed by atoms with Gasteiger partial charge in [0.1, 0.15) is 0 Å². The van der Waals surface area contributed by atoms with Crippen LogP contribution in [0.15, 0.2) is 18.3 Å². The number of rotatable bonds is 3. The van der Waals surface area contributed by atoms with Crippen LogP contribution in [-0.2, 0) is 4.79 Å². The summed E-state index contributed by atoms with van der Waals surface area (Å²) in [5, 5.41) is 13.2. The molecular formula is C11H11N3O3. The lowest BCUT2D eigenvalue weighted by atomic mass is 10.3. The van der Waals surface area contributed by atoms with E-state index < -0.39 is 4.92 Å². The van der Waals surface area contributed by atoms with Gasteiger partial charge in [-0.15, -0.1) is 0 Å². The third-order valence-corrected chi connectivity index (χ3v) is 1.81. The lowest BCUT2D eigenvalue weighted by molar-refractivity contribution is -0.385. The van der Waals surface area contributed by atoms with Crippen molar-refractivity contribution in [2.45, 2.75) is 13.3 Å². The number of nitrogens with one attached hydrogen (secondary N) is 1. The molecule has 0 aromatic carbocycles. The Hall–Kier alpha value is -2.42. The molecule has 0 spiro atoms. The highest BCUT2D eigenvalue weighted by Crippen LogP contribution is 2.13. The number of nitro groups is 1. The zero-order valence-electron chi connectivity index (χ0n) is 9.27. The molecule has 0 atom stereocenters. The van der Waals surface area contributed by atoms with Gasteiger partial charge in [-0.1, -0.05) is 5.92 Å². The maximum Gasteiger partial charge on any atom is 0.303 e. The molecule has 0 aliphatic heterocycles. The van der Waals surface area contributed by atoms with Gasteiger partial charge in [0, 0.05) is 32.2 Å². The van der Waals surface area contributed by atoms with Gasteiger partial charge in [-0.3, -0.25) is 14.9 Å². The van der Waals surface area contributed by atoms with Gasteiger partial charge in [0.25, 0.3) is 0 Å². The Labute approximate surface area is 98.2 Å². The van der Waals surface area contributed by atoms with Crippen molar-refractivity contribution in [3.05, 3.63) is 34.1 Å². The maximum absolute atomic E-state index is 10.6. The molecule has 6 nitrogen and oxygen atoms in total. The molecule has 0 unspecified atom stereocenters. The molecule has 0 aliphatic carbocycles. The zero-order chi connectivity index (χ0) is 12.7. The second kappa shape index (κ2) is 6.23. The molecule has 0 bridgehead atoms. The summed E-state index contributed by atoms with van der Waals surface area (Å²) >= 11 is 0. The topological polar surface area (TPSA) is 85.1 Å². The van der Waals surface area contributed by atoms with Gasteiger partial charge in [-0.05, 0) is 12.0 Å². The van der Waals surface area contributed by atoms with Crippen LogP contribution < -0.4 is 5.32 Å². The first-order valence-corrected chi connectivity index (χ1v) is 4.94. The average Bonchev–Trinajstić information content (AvgIpc) is 2.28. The van der Waals surface area contributed by atoms with Crippen molar-refractivity contribution >= 4 is 11.6 Å². The summed E-state index contributed by atoms with van der Waals surface area (Å²) in [7, 11) is 0. The number of aromatic nitrogens is 1. The predicted octanol–water partition coefficient (Wildman–Crippen LogP) is 0.867. The Morgan fingerprint density at radius 1 is 1.65 bits per heavy atom. The Kier molecular flexibility index (Phi) is 4.63. The third kappa shape index (κ3) is 4.30. The lowest BCUT2D eigenvalue weighted by Crippen LogP contribution is -2.20. The first-order valence-electron chi connectivity index (χ1n) is 4.94. The second-order valence-electron chi connectivity index (χ2n) is 3.16. The summed E-state index contributed by atoms with van der Waals surface area (Å²) in [6, 6.07) is 2.84. The van der Waals surface area contributed by atoms with Gasteiger partial charge in [-0.25, -0.2) is 4.98 Å². The fourth-order valence-corrected chi connectivity index (χ4v) is 1.09. The SMILES string of the molecule is CC(=O)NCCC#Cc1ncccc1[N+](=O)[O-]. The van der Waals surface area contributed by atoms with E-state index in [2.05, 4.69) is 22.1 Å². The number of hydrogen-bond acceptors (Lipinski definition) is 4. The van der Waals surface area contributed by atoms with Crippen LogP contribution >= 0.6 is 0 Å². The smallest absolute Gasteiger partial charge is 0.303 e. The van der Waals surface area contributed by atoms with E-state index in [1.165, 1.54) is 25.3 Å². The average molecular weight is 233 g/mol. The van der Waals surface area contributed by atoms with Gasteiger partial charge in [0.15, 0.2) is 5.69 Å². The van der Waals surface area contributed by atoms with Crippen molar-refractivity contribution in [1.82, 2.24) is 10.3 Å². The highest BCUT2D eigenvalue weighted by atomic mass is 16.6. The van der Waals surface area contributed by atoms with Crippen molar-refractivity contribution in [3.8, 4) is 11.8 Å². The first-order chi connectivity index (χ1) is 8.11. The van der Waals surface area contributed by atoms with E-state index >= 15 is 0 Å². The molecule has 0 aliphatic rings. The summed E-state index contributed by atoms with van der Waals surface area (Å²) in [5.41, 5.74) is 0.0276. The van der Waals surface area contributed by atoms with Crippen LogP contribution in [-0.4, -0.2) is 22.4 Å². The highest BCUT2D eigenvalue weighted by Gasteiger charge is 2.10. The minimum Gasteiger partial charge on any atom is -0.355 e. The molecule has 1 amide bonds. The van der Waals surface area contributed by atoms with Crippen LogP contribution in [0.5, 0.6) is 0 Å². The molecule has 6 heteroatoms. The molecule has 1 rings (SSSR count). The van der Waals surface area contributed by atoms with Crippen molar-refractivity contribution in [2.75, 3.05) is 6.54 Å². The third-order valence-electron chi connectivity index (χ3n) is 1.81. The number of carbonyl (C=O) groups excluding carboxylic acids is 1. The quantitative estimate of drug-likeness (QED) is 0.363. The molecule has 1 heterocycles. The van der Waals surface area contributed by atoms with Gasteiger partial charge in [-0.2, -0.15) is 0 Å². The summed E-state index contributed by atoms with van der Waals surface area (Å²) in [4.78, 5) is 24.5. The van der Waals surface area contributed by atoms with Crippen LogP contribution in [0.3, 0.4) is 0 Å². The molecule has 0 saturated heterocycles. The van der Waals surface area contributed by atoms with Gasteiger partial charge in [0.05, 0.1) is 4.92 Å². The lowest BCUT2D eigenvalue weighted by Gasteiger charge is -1.95. The standard InChI is InChI=1S/C11H11N3O3/c1-9(15)12-7-3-2-5-10-11(14(16)17)6-4-8-13-10/h4,6,8H,3,7H2,1H3,(H,12,15). The summed E-state index contributed by atoms with van der Waals surface area (Å²) in [5.74, 6) is 5.21. The number of hydrogen-bond donors (Lipinski definition) is 1. The fourth-order valence-electron chi connectivity index (χ4n) is 1.09. The minimum absolute atomic E-state index is 0.112. The molecular weight excluding hydrogens is 222 g/mol. The van der Waals surface area contributed by atoms with Gasteiger partial charge >= 0.3 is 5.69 Å². The molecule has 1 aromatic rings. The summed E-state index contributed by atoms with van der Waals surface area (Å²) in [6.07, 6.45) is 1.87. The molecule has 17 heavy (non-hydrogen) atoms. The van der Waals surface area contributed by atoms with E-state index in [1.807, 2.05) is 0 Å². The van der Waals surface area contributed by atoms with Crippen molar-refractivity contribution < 1.29 is 9.72 Å². The number of nitrogens with zero attached hydrogens (tertiary/aromatic N) is 2. The van der Waals surface area contributed by atoms with E-state index in [0.29, 0.717) is 13.0 Å². The van der Waals surface area contributed by atoms with Gasteiger partial charge < -0.3 is 5.32 Å². The van der Waals surface area contributed by atoms with Gasteiger partial charge in [0.2, 0.25) is 5.91 Å². The normalized spacial score (nSPS) is 9.00. The molecule has 1 aromatic heterocycles. The second-order valence-corrected chi connectivity index (χ2v) is 3.16. The Morgan fingerprint density at radius 2 is 2.41 bits per heavy atom. The number of amides is 1. The maximum atomic E-state index is 10.6. The number of pyridine rings is 1. The van der Waals surface area contributed by atoms with Crippen molar-refractivity contribution in [2.24, 2.45) is 0 Å². The minimum atomic E-state index is -0.523. The molecule has 0 fully saturated rings. The van der Waals surface area contributed by atoms with E-state index in [0.717, 1.165) is 0 Å². The zero-order valence-corrected chi connectivity index (χ0v) is 9.27. The van der Waals surface area contributed by atoms with E-state index in [9.17, 15) is 14.9 Å². The van der Waals surface area contributed by atoms with Crippen LogP contribution in [0.25, 0.3) is 0 Å². The first kappa shape index (κ1) is 12.6. The molecule has 1 N–H and O–H groups in total. The summed E-state index contributed by atoms with van der Waals surface area (Å²) in [6.45, 7) is 1.83. The monoisotopic (exact) mass is 233 g/mol. The van der Waals surface area contributed by atoms with Crippen LogP contribution in [0.2, 0.25) is 0 Å². The number of carbonyl (C=O) groups is 1. The van der Waals surface area contributed by atoms with E-state index in [-0.39, 0.29) is 17.3 Å².